The highest BCUT2D eigenvalue weighted by molar-refractivity contribution is 5.72. The van der Waals surface area contributed by atoms with Gasteiger partial charge in [0.1, 0.15) is 0 Å². The summed E-state index contributed by atoms with van der Waals surface area (Å²) in [6, 6.07) is 0. The Morgan fingerprint density at radius 2 is 1.35 bits per heavy atom. The number of hydrogen-bond donors (Lipinski definition) is 2. The van der Waals surface area contributed by atoms with Crippen LogP contribution in [0.15, 0.2) is 11.8 Å². The first-order valence-electron chi connectivity index (χ1n) is 6.93. The topological polar surface area (TPSA) is 93.1 Å². The van der Waals surface area contributed by atoms with Gasteiger partial charge in [0.05, 0.1) is 11.8 Å². The first-order valence-corrected chi connectivity index (χ1v) is 6.93. The van der Waals surface area contributed by atoms with Crippen molar-refractivity contribution in [1.29, 1.82) is 0 Å². The smallest absolute Gasteiger partial charge is 0.399 e. The third kappa shape index (κ3) is 7.78. The number of aliphatic hydroxyl groups excluding tert-OH is 1. The van der Waals surface area contributed by atoms with Crippen LogP contribution in [0.25, 0.3) is 0 Å². The lowest BCUT2D eigenvalue weighted by Crippen LogP contribution is -2.38. The summed E-state index contributed by atoms with van der Waals surface area (Å²) in [5.74, 6) is -4.17. The molecule has 0 saturated heterocycles. The van der Waals surface area contributed by atoms with Crippen LogP contribution in [0.2, 0.25) is 0 Å². The van der Waals surface area contributed by atoms with E-state index in [0.717, 1.165) is 6.08 Å². The number of carbonyl (C=O) groups excluding carboxylic acids is 2. The Labute approximate surface area is 119 Å². The van der Waals surface area contributed by atoms with Gasteiger partial charge in [-0.05, 0) is 19.3 Å². The molecule has 0 rings (SSSR count). The first-order chi connectivity index (χ1) is 9.36. The maximum Gasteiger partial charge on any atom is 0.399 e. The normalized spacial score (nSPS) is 12.1. The van der Waals surface area contributed by atoms with E-state index in [2.05, 4.69) is 0 Å². The number of carbonyl (C=O) groups is 2. The monoisotopic (exact) mass is 288 g/mol. The second-order valence-electron chi connectivity index (χ2n) is 4.46. The Kier molecular flexibility index (Phi) is 8.63. The second-order valence-corrected chi connectivity index (χ2v) is 4.46. The number of esters is 2. The summed E-state index contributed by atoms with van der Waals surface area (Å²) >= 11 is 0. The van der Waals surface area contributed by atoms with Crippen molar-refractivity contribution in [3.8, 4) is 0 Å². The predicted octanol–water partition coefficient (Wildman–Crippen LogP) is 2.56. The van der Waals surface area contributed by atoms with E-state index in [0.29, 0.717) is 19.3 Å². The van der Waals surface area contributed by atoms with E-state index in [1.54, 1.807) is 13.8 Å². The number of ether oxygens (including phenoxy) is 2. The number of aliphatic hydroxyl groups is 2. The molecule has 0 unspecified atom stereocenters. The van der Waals surface area contributed by atoms with Gasteiger partial charge in [0.15, 0.2) is 0 Å². The van der Waals surface area contributed by atoms with Crippen LogP contribution >= 0.6 is 0 Å². The fraction of sp³-hybridized carbons (Fsp3) is 0.714. The van der Waals surface area contributed by atoms with Gasteiger partial charge in [0, 0.05) is 19.3 Å². The maximum absolute atomic E-state index is 11.5. The molecular formula is C14H24O6. The van der Waals surface area contributed by atoms with Gasteiger partial charge in [-0.25, -0.2) is 0 Å². The maximum atomic E-state index is 11.5. The largest absolute Gasteiger partial charge is 0.512 e. The minimum Gasteiger partial charge on any atom is -0.512 e. The van der Waals surface area contributed by atoms with Crippen LogP contribution in [0.5, 0.6) is 0 Å². The molecule has 0 saturated carbocycles. The standard InChI is InChI=1S/C14H24O6/c1-4-7-11(15)10-14(18,19-12(16)8-5-2)20-13(17)9-6-3/h10,15,18H,4-9H2,1-3H3/b11-10-. The van der Waals surface area contributed by atoms with E-state index in [1.165, 1.54) is 0 Å². The molecule has 0 spiro atoms. The number of hydrogen-bond acceptors (Lipinski definition) is 6. The fourth-order valence-electron chi connectivity index (χ4n) is 1.46. The summed E-state index contributed by atoms with van der Waals surface area (Å²) in [7, 11) is 0. The lowest BCUT2D eigenvalue weighted by molar-refractivity contribution is -0.297. The van der Waals surface area contributed by atoms with Crippen molar-refractivity contribution >= 4 is 11.9 Å². The number of allylic oxidation sites excluding steroid dienone is 1. The summed E-state index contributed by atoms with van der Waals surface area (Å²) in [6.07, 6.45) is 2.97. The van der Waals surface area contributed by atoms with Crippen molar-refractivity contribution in [3.05, 3.63) is 11.8 Å². The van der Waals surface area contributed by atoms with Crippen LogP contribution < -0.4 is 0 Å². The average molecular weight is 288 g/mol. The Balaban J connectivity index is 4.96. The zero-order valence-corrected chi connectivity index (χ0v) is 12.3. The zero-order valence-electron chi connectivity index (χ0n) is 12.3. The molecule has 0 aliphatic heterocycles. The minimum atomic E-state index is -2.54. The summed E-state index contributed by atoms with van der Waals surface area (Å²) < 4.78 is 9.50. The summed E-state index contributed by atoms with van der Waals surface area (Å²) in [5.41, 5.74) is 0. The van der Waals surface area contributed by atoms with Crippen LogP contribution in [0.1, 0.15) is 59.3 Å². The molecule has 0 amide bonds. The van der Waals surface area contributed by atoms with Gasteiger partial charge < -0.3 is 19.7 Å². The van der Waals surface area contributed by atoms with Gasteiger partial charge >= 0.3 is 17.9 Å². The third-order valence-electron chi connectivity index (χ3n) is 2.28. The molecule has 0 atom stereocenters. The van der Waals surface area contributed by atoms with Gasteiger partial charge in [0.2, 0.25) is 0 Å². The Bertz CT molecular complexity index is 328. The lowest BCUT2D eigenvalue weighted by atomic mass is 10.2. The van der Waals surface area contributed by atoms with Crippen LogP contribution in [0, 0.1) is 0 Å². The molecule has 0 radical (unpaired) electrons. The number of rotatable bonds is 9. The SMILES string of the molecule is CCCC(=O)OC(O)(/C=C(\O)CCC)OC(=O)CCC. The third-order valence-corrected chi connectivity index (χ3v) is 2.28. The van der Waals surface area contributed by atoms with Crippen LogP contribution in [-0.4, -0.2) is 28.1 Å². The van der Waals surface area contributed by atoms with Crippen molar-refractivity contribution in [2.24, 2.45) is 0 Å². The van der Waals surface area contributed by atoms with Crippen molar-refractivity contribution in [3.63, 3.8) is 0 Å². The summed E-state index contributed by atoms with van der Waals surface area (Å²) in [6.45, 7) is 5.37. The molecule has 0 aromatic carbocycles. The Hall–Kier alpha value is -1.56. The molecule has 0 heterocycles. The molecule has 6 nitrogen and oxygen atoms in total. The quantitative estimate of drug-likeness (QED) is 0.385. The van der Waals surface area contributed by atoms with E-state index in [9.17, 15) is 19.8 Å². The highest BCUT2D eigenvalue weighted by Crippen LogP contribution is 2.18. The van der Waals surface area contributed by atoms with E-state index in [1.807, 2.05) is 6.92 Å². The van der Waals surface area contributed by atoms with E-state index in [-0.39, 0.29) is 25.0 Å². The van der Waals surface area contributed by atoms with E-state index >= 15 is 0 Å². The van der Waals surface area contributed by atoms with Gasteiger partial charge in [0.25, 0.3) is 0 Å². The van der Waals surface area contributed by atoms with E-state index in [4.69, 9.17) is 9.47 Å². The molecule has 0 aromatic heterocycles. The minimum absolute atomic E-state index is 0.0794. The fourth-order valence-corrected chi connectivity index (χ4v) is 1.46. The van der Waals surface area contributed by atoms with Crippen LogP contribution in [0.3, 0.4) is 0 Å². The van der Waals surface area contributed by atoms with Gasteiger partial charge in [-0.2, -0.15) is 0 Å². The first kappa shape index (κ1) is 18.4. The second kappa shape index (κ2) is 9.36. The van der Waals surface area contributed by atoms with Crippen molar-refractivity contribution in [2.45, 2.75) is 65.3 Å². The molecule has 2 N–H and O–H groups in total. The van der Waals surface area contributed by atoms with Crippen LogP contribution in [-0.2, 0) is 19.1 Å². The average Bonchev–Trinajstić information content (AvgIpc) is 2.28. The molecular weight excluding hydrogens is 264 g/mol. The Morgan fingerprint density at radius 1 is 0.950 bits per heavy atom. The zero-order chi connectivity index (χ0) is 15.6. The molecule has 0 aromatic rings. The lowest BCUT2D eigenvalue weighted by Gasteiger charge is -2.24. The van der Waals surface area contributed by atoms with Crippen molar-refractivity contribution in [1.82, 2.24) is 0 Å². The van der Waals surface area contributed by atoms with Crippen molar-refractivity contribution in [2.75, 3.05) is 0 Å². The molecule has 0 fully saturated rings. The molecule has 0 bridgehead atoms. The van der Waals surface area contributed by atoms with Gasteiger partial charge in [-0.3, -0.25) is 9.59 Å². The van der Waals surface area contributed by atoms with E-state index < -0.39 is 17.9 Å². The summed E-state index contributed by atoms with van der Waals surface area (Å²) in [5, 5.41) is 19.7. The van der Waals surface area contributed by atoms with Gasteiger partial charge in [-0.15, -0.1) is 0 Å². The molecule has 20 heavy (non-hydrogen) atoms. The van der Waals surface area contributed by atoms with Crippen molar-refractivity contribution < 1.29 is 29.3 Å². The highest BCUT2D eigenvalue weighted by atomic mass is 16.8. The van der Waals surface area contributed by atoms with Crippen LogP contribution in [0.4, 0.5) is 0 Å². The highest BCUT2D eigenvalue weighted by Gasteiger charge is 2.34. The van der Waals surface area contributed by atoms with Gasteiger partial charge in [-0.1, -0.05) is 20.8 Å². The molecule has 116 valence electrons. The summed E-state index contributed by atoms with van der Waals surface area (Å²) in [4.78, 5) is 22.9. The molecule has 6 heteroatoms. The Morgan fingerprint density at radius 3 is 1.70 bits per heavy atom. The predicted molar refractivity (Wildman–Crippen MR) is 72.6 cm³/mol. The molecule has 0 aliphatic rings. The molecule has 0 aliphatic carbocycles.